The molecule has 9 heteroatoms. The van der Waals surface area contributed by atoms with Crippen LogP contribution in [0, 0.1) is 0 Å². The van der Waals surface area contributed by atoms with Gasteiger partial charge in [0.2, 0.25) is 0 Å². The molecule has 0 saturated carbocycles. The fourth-order valence-electron chi connectivity index (χ4n) is 3.51. The van der Waals surface area contributed by atoms with Crippen molar-refractivity contribution in [1.82, 2.24) is 10.2 Å². The van der Waals surface area contributed by atoms with Crippen LogP contribution in [0.4, 0.5) is 0 Å². The predicted octanol–water partition coefficient (Wildman–Crippen LogP) is 2.97. The van der Waals surface area contributed by atoms with Gasteiger partial charge in [0.1, 0.15) is 29.2 Å². The number of benzene rings is 2. The molecule has 0 aromatic heterocycles. The number of amidine groups is 1. The Morgan fingerprint density at radius 3 is 2.56 bits per heavy atom. The zero-order valence-electron chi connectivity index (χ0n) is 19.0. The van der Waals surface area contributed by atoms with E-state index in [1.807, 2.05) is 0 Å². The summed E-state index contributed by atoms with van der Waals surface area (Å²) in [5.74, 6) is 0.968. The normalized spacial score (nSPS) is 18.0. The second kappa shape index (κ2) is 10.8. The quantitative estimate of drug-likeness (QED) is 0.454. The lowest BCUT2D eigenvalue weighted by Crippen LogP contribution is -2.41. The molecule has 34 heavy (non-hydrogen) atoms. The van der Waals surface area contributed by atoms with Crippen LogP contribution >= 0.6 is 0 Å². The van der Waals surface area contributed by atoms with Crippen LogP contribution in [0.1, 0.15) is 35.0 Å². The molecule has 9 nitrogen and oxygen atoms in total. The second-order valence-corrected chi connectivity index (χ2v) is 8.03. The van der Waals surface area contributed by atoms with Crippen LogP contribution in [0.3, 0.4) is 0 Å². The van der Waals surface area contributed by atoms with E-state index in [1.165, 1.54) is 6.08 Å². The molecule has 2 aliphatic heterocycles. The molecule has 180 valence electrons. The number of carbonyl (C=O) groups is 2. The number of nitrogens with zero attached hydrogens (tertiary/aromatic N) is 2. The number of carbonyl (C=O) groups excluding carboxylic acids is 2. The van der Waals surface area contributed by atoms with E-state index in [1.54, 1.807) is 60.6 Å². The largest absolute Gasteiger partial charge is 0.488 e. The van der Waals surface area contributed by atoms with E-state index in [0.29, 0.717) is 36.0 Å². The van der Waals surface area contributed by atoms with Gasteiger partial charge in [-0.25, -0.2) is 0 Å². The number of likely N-dealkylation sites (tertiary alicyclic amines) is 1. The summed E-state index contributed by atoms with van der Waals surface area (Å²) in [5, 5.41) is 2.79. The molecule has 4 rings (SSSR count). The van der Waals surface area contributed by atoms with Gasteiger partial charge in [0.15, 0.2) is 0 Å². The summed E-state index contributed by atoms with van der Waals surface area (Å²) < 4.78 is 17.4. The van der Waals surface area contributed by atoms with Crippen LogP contribution in [0.5, 0.6) is 17.2 Å². The van der Waals surface area contributed by atoms with Crippen LogP contribution in [0.25, 0.3) is 0 Å². The van der Waals surface area contributed by atoms with Gasteiger partial charge in [-0.2, -0.15) is 4.99 Å². The Labute approximate surface area is 199 Å². The van der Waals surface area contributed by atoms with Gasteiger partial charge >= 0.3 is 0 Å². The van der Waals surface area contributed by atoms with Gasteiger partial charge in [-0.3, -0.25) is 9.59 Å². The number of aliphatic imine (C=N–C) groups is 1. The Bertz CT molecular complexity index is 1090. The molecule has 2 aromatic carbocycles. The first-order valence-corrected chi connectivity index (χ1v) is 11.2. The maximum absolute atomic E-state index is 12.7. The molecule has 2 fully saturated rings. The van der Waals surface area contributed by atoms with E-state index < -0.39 is 5.91 Å². The number of amides is 2. The lowest BCUT2D eigenvalue weighted by atomic mass is 10.1. The molecule has 2 aromatic rings. The Balaban J connectivity index is 0.00000342. The third kappa shape index (κ3) is 5.93. The van der Waals surface area contributed by atoms with Crippen LogP contribution in [-0.2, 0) is 4.74 Å². The average molecular weight is 467 g/mol. The summed E-state index contributed by atoms with van der Waals surface area (Å²) >= 11 is 0. The zero-order valence-corrected chi connectivity index (χ0v) is 19.0. The zero-order chi connectivity index (χ0) is 23.9. The first-order valence-electron chi connectivity index (χ1n) is 11.2. The van der Waals surface area contributed by atoms with Gasteiger partial charge in [0, 0.05) is 45.2 Å². The summed E-state index contributed by atoms with van der Waals surface area (Å²) in [4.78, 5) is 30.8. The van der Waals surface area contributed by atoms with Crippen LogP contribution in [0.15, 0.2) is 59.7 Å². The monoisotopic (exact) mass is 466 g/mol. The minimum absolute atomic E-state index is 0. The molecule has 2 aliphatic rings. The van der Waals surface area contributed by atoms with Crippen LogP contribution in [-0.4, -0.2) is 62.0 Å². The Kier molecular flexibility index (Phi) is 7.44. The highest BCUT2D eigenvalue weighted by Crippen LogP contribution is 2.30. The fourth-order valence-corrected chi connectivity index (χ4v) is 3.51. The first kappa shape index (κ1) is 23.3. The van der Waals surface area contributed by atoms with Gasteiger partial charge in [-0.1, -0.05) is 0 Å². The van der Waals surface area contributed by atoms with E-state index in [2.05, 4.69) is 10.3 Å². The molecule has 0 spiro atoms. The second-order valence-electron chi connectivity index (χ2n) is 8.03. The van der Waals surface area contributed by atoms with E-state index >= 15 is 0 Å². The summed E-state index contributed by atoms with van der Waals surface area (Å²) in [6, 6.07) is 11.8. The van der Waals surface area contributed by atoms with Crippen LogP contribution < -0.4 is 20.5 Å². The van der Waals surface area contributed by atoms with Gasteiger partial charge in [0.25, 0.3) is 11.8 Å². The van der Waals surface area contributed by atoms with Gasteiger partial charge < -0.3 is 30.2 Å². The lowest BCUT2D eigenvalue weighted by Gasteiger charge is -2.30. The van der Waals surface area contributed by atoms with Crippen molar-refractivity contribution in [3.05, 3.63) is 65.9 Å². The van der Waals surface area contributed by atoms with Gasteiger partial charge in [-0.05, 0) is 55.1 Å². The Morgan fingerprint density at radius 2 is 1.91 bits per heavy atom. The first-order chi connectivity index (χ1) is 16.5. The summed E-state index contributed by atoms with van der Waals surface area (Å²) in [7, 11) is 1.72. The van der Waals surface area contributed by atoms with Crippen LogP contribution in [0.2, 0.25) is 0 Å². The van der Waals surface area contributed by atoms with Crippen molar-refractivity contribution in [2.45, 2.75) is 18.9 Å². The van der Waals surface area contributed by atoms with E-state index in [-0.39, 0.29) is 24.8 Å². The molecule has 0 radical (unpaired) electrons. The summed E-state index contributed by atoms with van der Waals surface area (Å²) in [5.41, 5.74) is 6.68. The van der Waals surface area contributed by atoms with Crippen molar-refractivity contribution in [2.24, 2.45) is 10.7 Å². The fraction of sp³-hybridized carbons (Fsp3) is 0.320. The molecule has 2 heterocycles. The molecular formula is C25H30N4O5. The van der Waals surface area contributed by atoms with Crippen molar-refractivity contribution in [1.29, 1.82) is 0 Å². The Morgan fingerprint density at radius 1 is 1.15 bits per heavy atom. The van der Waals surface area contributed by atoms with Crippen molar-refractivity contribution in [3.8, 4) is 17.2 Å². The minimum atomic E-state index is -0.522. The molecular weight excluding hydrogens is 436 g/mol. The number of hydrogen-bond acceptors (Lipinski definition) is 6. The topological polar surface area (TPSA) is 115 Å². The van der Waals surface area contributed by atoms with Gasteiger partial charge in [0.05, 0.1) is 13.2 Å². The highest BCUT2D eigenvalue weighted by molar-refractivity contribution is 6.06. The van der Waals surface area contributed by atoms with E-state index in [4.69, 9.17) is 19.9 Å². The highest BCUT2D eigenvalue weighted by Gasteiger charge is 2.22. The summed E-state index contributed by atoms with van der Waals surface area (Å²) in [6.45, 7) is 2.71. The lowest BCUT2D eigenvalue weighted by molar-refractivity contribution is 0.0651. The molecule has 0 aliphatic carbocycles. The van der Waals surface area contributed by atoms with Crippen molar-refractivity contribution in [2.75, 3.05) is 33.4 Å². The van der Waals surface area contributed by atoms with E-state index in [0.717, 1.165) is 25.9 Å². The molecule has 0 unspecified atom stereocenters. The van der Waals surface area contributed by atoms with Gasteiger partial charge in [-0.15, -0.1) is 0 Å². The molecule has 3 N–H and O–H groups in total. The minimum Gasteiger partial charge on any atom is -0.488 e. The number of nitrogens with one attached hydrogen (secondary N) is 1. The number of hydrogen-bond donors (Lipinski definition) is 2. The number of rotatable bonds is 8. The third-order valence-electron chi connectivity index (χ3n) is 5.45. The molecule has 2 amide bonds. The smallest absolute Gasteiger partial charge is 0.279 e. The predicted molar refractivity (Wildman–Crippen MR) is 130 cm³/mol. The third-order valence-corrected chi connectivity index (χ3v) is 5.45. The Hall–Kier alpha value is -3.85. The standard InChI is InChI=1S/C25H28N4O5.H2/c1-27-9-7-23(26)28-24(30)18-13-21(15-22(14-18)34-20-8-12-32-16-20)33-19-5-3-17(4-6-19)25(31)29-10-2-11-29;/h3-7,9,13-15,20,27H,2,8,10-12,16H2,1H3,(H2,26,28,30);1H/b9-7-;/t20-;/m0./s1. The van der Waals surface area contributed by atoms with E-state index in [9.17, 15) is 9.59 Å². The maximum Gasteiger partial charge on any atom is 0.279 e. The van der Waals surface area contributed by atoms with Crippen molar-refractivity contribution >= 4 is 17.6 Å². The molecule has 2 saturated heterocycles. The molecule has 1 atom stereocenters. The maximum atomic E-state index is 12.7. The average Bonchev–Trinajstić information content (AvgIpc) is 3.30. The SMILES string of the molecule is CN/C=C\C(N)=NC(=O)c1cc(Oc2ccc(C(=O)N3CCC3)cc2)cc(O[C@H]2CCOC2)c1.[HH]. The molecule has 0 bridgehead atoms. The highest BCUT2D eigenvalue weighted by atomic mass is 16.5. The number of ether oxygens (including phenoxy) is 3. The summed E-state index contributed by atoms with van der Waals surface area (Å²) in [6.07, 6.45) is 4.78. The van der Waals surface area contributed by atoms with Crippen molar-refractivity contribution in [3.63, 3.8) is 0 Å². The number of nitrogens with two attached hydrogens (primary N) is 1. The van der Waals surface area contributed by atoms with Crippen molar-refractivity contribution < 1.29 is 25.2 Å².